The molecule has 2 aromatic carbocycles. The van der Waals surface area contributed by atoms with E-state index in [0.717, 1.165) is 18.2 Å². The summed E-state index contributed by atoms with van der Waals surface area (Å²) in [5.74, 6) is -10.1. The summed E-state index contributed by atoms with van der Waals surface area (Å²) in [6, 6.07) is 5.05. The molecule has 0 amide bonds. The number of hydrogen-bond acceptors (Lipinski definition) is 2. The summed E-state index contributed by atoms with van der Waals surface area (Å²) in [6.07, 6.45) is -5.04. The highest BCUT2D eigenvalue weighted by atomic mass is 32.2. The van der Waals surface area contributed by atoms with E-state index < -0.39 is 60.9 Å². The van der Waals surface area contributed by atoms with Crippen LogP contribution < -0.4 is 0 Å². The van der Waals surface area contributed by atoms with Crippen molar-refractivity contribution < 1.29 is 39.2 Å². The van der Waals surface area contributed by atoms with Gasteiger partial charge in [-0.2, -0.15) is 13.2 Å². The van der Waals surface area contributed by atoms with Gasteiger partial charge in [0.25, 0.3) is 0 Å². The van der Waals surface area contributed by atoms with Crippen molar-refractivity contribution in [2.24, 2.45) is 0 Å². The van der Waals surface area contributed by atoms with E-state index in [2.05, 4.69) is 6.07 Å². The average Bonchev–Trinajstić information content (AvgIpc) is 2.43. The maximum absolute atomic E-state index is 14.0. The predicted octanol–water partition coefficient (Wildman–Crippen LogP) is 4.13. The summed E-state index contributed by atoms with van der Waals surface area (Å²) in [5.41, 5.74) is -5.24. The Balaban J connectivity index is 2.95. The van der Waals surface area contributed by atoms with E-state index in [1.54, 1.807) is 0 Å². The summed E-state index contributed by atoms with van der Waals surface area (Å²) in [5, 5.41) is 0. The molecule has 0 saturated carbocycles. The first-order valence-electron chi connectivity index (χ1n) is 6.01. The van der Waals surface area contributed by atoms with Crippen LogP contribution in [0, 0.1) is 29.3 Å². The fourth-order valence-corrected chi connectivity index (χ4v) is 2.88. The molecule has 24 heavy (non-hydrogen) atoms. The van der Waals surface area contributed by atoms with E-state index in [1.807, 2.05) is 0 Å². The smallest absolute Gasteiger partial charge is 0.224 e. The number of halogens is 7. The van der Waals surface area contributed by atoms with Crippen molar-refractivity contribution in [2.75, 3.05) is 6.26 Å². The molecule has 0 atom stereocenters. The van der Waals surface area contributed by atoms with Gasteiger partial charge in [-0.3, -0.25) is 0 Å². The molecule has 0 saturated heterocycles. The van der Waals surface area contributed by atoms with Crippen molar-refractivity contribution in [1.82, 2.24) is 0 Å². The minimum absolute atomic E-state index is 0.645. The average molecular weight is 371 g/mol. The number of benzene rings is 2. The number of hydrogen-bond donors (Lipinski definition) is 0. The number of sulfone groups is 1. The largest absolute Gasteiger partial charge is 0.422 e. The Hall–Kier alpha value is -2.10. The zero-order valence-electron chi connectivity index (χ0n) is 11.6. The van der Waals surface area contributed by atoms with Crippen molar-refractivity contribution in [3.8, 4) is 11.1 Å². The molecule has 2 rings (SSSR count). The maximum atomic E-state index is 14.0. The van der Waals surface area contributed by atoms with Gasteiger partial charge in [0, 0.05) is 11.8 Å². The van der Waals surface area contributed by atoms with Gasteiger partial charge < -0.3 is 0 Å². The van der Waals surface area contributed by atoms with Gasteiger partial charge in [0.05, 0.1) is 10.5 Å². The van der Waals surface area contributed by atoms with E-state index >= 15 is 0 Å². The molecule has 0 aliphatic heterocycles. The van der Waals surface area contributed by atoms with Crippen LogP contribution in [-0.4, -0.2) is 14.7 Å². The summed E-state index contributed by atoms with van der Waals surface area (Å²) in [7, 11) is -4.11. The van der Waals surface area contributed by atoms with Crippen molar-refractivity contribution in [3.63, 3.8) is 0 Å². The van der Waals surface area contributed by atoms with Crippen LogP contribution >= 0.6 is 0 Å². The molecular weight excluding hydrogens is 365 g/mol. The van der Waals surface area contributed by atoms with Gasteiger partial charge in [-0.1, -0.05) is 12.1 Å². The summed E-state index contributed by atoms with van der Waals surface area (Å²) >= 11 is 0. The van der Waals surface area contributed by atoms with Crippen LogP contribution in [0.15, 0.2) is 23.1 Å². The molecule has 0 aromatic heterocycles. The lowest BCUT2D eigenvalue weighted by Crippen LogP contribution is -2.16. The summed E-state index contributed by atoms with van der Waals surface area (Å²) < 4.78 is 116. The lowest BCUT2D eigenvalue weighted by Gasteiger charge is -2.15. The molecule has 10 heteroatoms. The second-order valence-corrected chi connectivity index (χ2v) is 6.67. The van der Waals surface area contributed by atoms with Gasteiger partial charge in [-0.15, -0.1) is 0 Å². The van der Waals surface area contributed by atoms with Crippen LogP contribution in [0.25, 0.3) is 11.1 Å². The second-order valence-electron chi connectivity index (χ2n) is 4.69. The Bertz CT molecular complexity index is 888. The number of rotatable bonds is 2. The Labute approximate surface area is 131 Å². The zero-order chi connectivity index (χ0) is 18.4. The quantitative estimate of drug-likeness (QED) is 0.588. The van der Waals surface area contributed by atoms with Crippen molar-refractivity contribution >= 4 is 9.84 Å². The van der Waals surface area contributed by atoms with Crippen LogP contribution in [-0.2, 0) is 16.0 Å². The van der Waals surface area contributed by atoms with E-state index in [0.29, 0.717) is 6.26 Å². The minimum atomic E-state index is -5.69. The van der Waals surface area contributed by atoms with Gasteiger partial charge in [0.1, 0.15) is 5.56 Å². The van der Waals surface area contributed by atoms with Gasteiger partial charge in [0.15, 0.2) is 33.1 Å². The summed E-state index contributed by atoms with van der Waals surface area (Å²) in [6.45, 7) is 0. The van der Waals surface area contributed by atoms with Gasteiger partial charge in [-0.05, 0) is 12.1 Å². The SMILES string of the molecule is CS(=O)(=O)c1ccc[c]c1-c1c(F)c(F)c(C(F)(F)F)c(F)c1F. The third-order valence-corrected chi connectivity index (χ3v) is 4.15. The molecule has 0 aliphatic carbocycles. The highest BCUT2D eigenvalue weighted by Gasteiger charge is 2.42. The van der Waals surface area contributed by atoms with Gasteiger partial charge in [0.2, 0.25) is 0 Å². The van der Waals surface area contributed by atoms with Gasteiger partial charge >= 0.3 is 6.18 Å². The molecule has 0 bridgehead atoms. The fraction of sp³-hybridized carbons (Fsp3) is 0.143. The summed E-state index contributed by atoms with van der Waals surface area (Å²) in [4.78, 5) is -0.749. The zero-order valence-corrected chi connectivity index (χ0v) is 12.4. The predicted molar refractivity (Wildman–Crippen MR) is 68.7 cm³/mol. The first kappa shape index (κ1) is 18.2. The standard InChI is InChI=1S/C14H6F7O2S/c1-24(22,23)7-5-3-2-4-6(7)8-10(15)12(17)9(14(19,20)21)13(18)11(8)16/h2-3,5H,1H3. The molecule has 129 valence electrons. The highest BCUT2D eigenvalue weighted by Crippen LogP contribution is 2.40. The third kappa shape index (κ3) is 2.97. The Morgan fingerprint density at radius 2 is 1.46 bits per heavy atom. The molecule has 2 aromatic rings. The molecule has 0 unspecified atom stereocenters. The molecular formula is C14H6F7O2S. The van der Waals surface area contributed by atoms with Crippen LogP contribution in [0.5, 0.6) is 0 Å². The second kappa shape index (κ2) is 5.76. The minimum Gasteiger partial charge on any atom is -0.224 e. The van der Waals surface area contributed by atoms with Crippen molar-refractivity contribution in [1.29, 1.82) is 0 Å². The third-order valence-electron chi connectivity index (χ3n) is 3.01. The van der Waals surface area contributed by atoms with E-state index in [4.69, 9.17) is 0 Å². The number of alkyl halides is 3. The van der Waals surface area contributed by atoms with Crippen LogP contribution in [0.2, 0.25) is 0 Å². The van der Waals surface area contributed by atoms with E-state index in [9.17, 15) is 39.2 Å². The maximum Gasteiger partial charge on any atom is 0.422 e. The highest BCUT2D eigenvalue weighted by molar-refractivity contribution is 7.90. The van der Waals surface area contributed by atoms with Crippen molar-refractivity contribution in [2.45, 2.75) is 11.1 Å². The first-order valence-corrected chi connectivity index (χ1v) is 7.90. The lowest BCUT2D eigenvalue weighted by molar-refractivity contribution is -0.143. The Kier molecular flexibility index (Phi) is 4.38. The normalized spacial score (nSPS) is 12.5. The lowest BCUT2D eigenvalue weighted by atomic mass is 10.0. The van der Waals surface area contributed by atoms with Crippen molar-refractivity contribution in [3.05, 3.63) is 53.1 Å². The Morgan fingerprint density at radius 1 is 0.958 bits per heavy atom. The monoisotopic (exact) mass is 371 g/mol. The van der Waals surface area contributed by atoms with E-state index in [-0.39, 0.29) is 0 Å². The van der Waals surface area contributed by atoms with E-state index in [1.165, 1.54) is 0 Å². The van der Waals surface area contributed by atoms with Crippen LogP contribution in [0.1, 0.15) is 5.56 Å². The fourth-order valence-electron chi connectivity index (χ4n) is 2.03. The van der Waals surface area contributed by atoms with Gasteiger partial charge in [-0.25, -0.2) is 26.0 Å². The first-order chi connectivity index (χ1) is 10.9. The topological polar surface area (TPSA) is 34.1 Å². The molecule has 0 fully saturated rings. The molecule has 1 radical (unpaired) electrons. The molecule has 0 N–H and O–H groups in total. The van der Waals surface area contributed by atoms with Crippen LogP contribution in [0.4, 0.5) is 30.7 Å². The molecule has 2 nitrogen and oxygen atoms in total. The molecule has 0 aliphatic rings. The van der Waals surface area contributed by atoms with Crippen LogP contribution in [0.3, 0.4) is 0 Å². The molecule has 0 spiro atoms. The molecule has 0 heterocycles. The Morgan fingerprint density at radius 3 is 1.88 bits per heavy atom.